The van der Waals surface area contributed by atoms with E-state index in [0.29, 0.717) is 28.0 Å². The molecule has 4 aromatic rings. The molecule has 3 aromatic heterocycles. The summed E-state index contributed by atoms with van der Waals surface area (Å²) in [4.78, 5) is 28.6. The third kappa shape index (κ3) is 5.15. The van der Waals surface area contributed by atoms with Gasteiger partial charge in [-0.2, -0.15) is 13.9 Å². The number of halogens is 2. The Bertz CT molecular complexity index is 1530. The van der Waals surface area contributed by atoms with Crippen LogP contribution in [0.15, 0.2) is 43.0 Å². The van der Waals surface area contributed by atoms with Crippen molar-refractivity contribution in [2.24, 2.45) is 13.0 Å². The van der Waals surface area contributed by atoms with Crippen LogP contribution in [0.2, 0.25) is 0 Å². The van der Waals surface area contributed by atoms with Crippen molar-refractivity contribution in [1.82, 2.24) is 19.2 Å². The summed E-state index contributed by atoms with van der Waals surface area (Å²) >= 11 is 0. The number of alkyl halides is 2. The van der Waals surface area contributed by atoms with Gasteiger partial charge in [-0.05, 0) is 37.0 Å². The van der Waals surface area contributed by atoms with E-state index in [4.69, 9.17) is 19.3 Å². The van der Waals surface area contributed by atoms with Gasteiger partial charge in [0.25, 0.3) is 0 Å². The van der Waals surface area contributed by atoms with Gasteiger partial charge >= 0.3 is 12.6 Å². The Morgan fingerprint density at radius 3 is 2.50 bits per heavy atom. The number of hydrogen-bond acceptors (Lipinski definition) is 7. The van der Waals surface area contributed by atoms with Gasteiger partial charge in [-0.3, -0.25) is 13.9 Å². The summed E-state index contributed by atoms with van der Waals surface area (Å²) in [6.07, 6.45) is 8.52. The molecule has 3 heterocycles. The number of fused-ring (bicyclic) bond motifs is 1. The number of aromatic nitrogens is 4. The third-order valence-electron chi connectivity index (χ3n) is 6.23. The van der Waals surface area contributed by atoms with Crippen molar-refractivity contribution in [2.45, 2.75) is 25.9 Å². The summed E-state index contributed by atoms with van der Waals surface area (Å²) in [5, 5.41) is 13.3. The zero-order valence-corrected chi connectivity index (χ0v) is 20.6. The summed E-state index contributed by atoms with van der Waals surface area (Å²) in [6, 6.07) is 4.62. The summed E-state index contributed by atoms with van der Waals surface area (Å²) in [6.45, 7) is -3.73. The lowest BCUT2D eigenvalue weighted by Gasteiger charge is -2.16. The molecule has 0 bridgehead atoms. The van der Waals surface area contributed by atoms with Crippen molar-refractivity contribution < 1.29 is 37.7 Å². The second kappa shape index (κ2) is 10.1. The molecule has 0 amide bonds. The number of aliphatic carboxylic acids is 1. The Labute approximate surface area is 215 Å². The number of carbonyl (C=O) groups is 2. The first-order valence-electron chi connectivity index (χ1n) is 11.8. The van der Waals surface area contributed by atoms with Gasteiger partial charge in [-0.25, -0.2) is 9.78 Å². The number of rotatable bonds is 11. The lowest BCUT2D eigenvalue weighted by Crippen LogP contribution is -2.11. The molecule has 12 heteroatoms. The van der Waals surface area contributed by atoms with Crippen LogP contribution in [0.4, 0.5) is 8.78 Å². The molecule has 1 N–H and O–H groups in total. The molecule has 1 fully saturated rings. The van der Waals surface area contributed by atoms with E-state index in [1.54, 1.807) is 46.9 Å². The van der Waals surface area contributed by atoms with Crippen molar-refractivity contribution in [3.8, 4) is 39.6 Å². The van der Waals surface area contributed by atoms with E-state index in [-0.39, 0.29) is 40.9 Å². The summed E-state index contributed by atoms with van der Waals surface area (Å²) in [5.74, 6) is -1.17. The Balaban J connectivity index is 1.64. The van der Waals surface area contributed by atoms with Gasteiger partial charge in [0.1, 0.15) is 28.5 Å². The molecule has 0 spiro atoms. The quantitative estimate of drug-likeness (QED) is 0.285. The average molecular weight is 526 g/mol. The maximum absolute atomic E-state index is 13.3. The fourth-order valence-corrected chi connectivity index (χ4v) is 4.31. The molecule has 198 valence electrons. The number of benzene rings is 1. The van der Waals surface area contributed by atoms with Gasteiger partial charge in [0.15, 0.2) is 12.4 Å². The van der Waals surface area contributed by atoms with Crippen molar-refractivity contribution in [2.75, 3.05) is 13.7 Å². The number of pyridine rings is 1. The molecule has 1 saturated carbocycles. The van der Waals surface area contributed by atoms with Crippen LogP contribution in [-0.4, -0.2) is 56.4 Å². The van der Waals surface area contributed by atoms with Gasteiger partial charge in [0, 0.05) is 36.4 Å². The Hall–Kier alpha value is -4.48. The van der Waals surface area contributed by atoms with Crippen molar-refractivity contribution >= 4 is 17.4 Å². The van der Waals surface area contributed by atoms with Gasteiger partial charge in [-0.15, -0.1) is 0 Å². The summed E-state index contributed by atoms with van der Waals surface area (Å²) in [7, 11) is 3.10. The van der Waals surface area contributed by atoms with Crippen molar-refractivity contribution in [3.05, 3.63) is 48.5 Å². The number of hydrogen-bond donors (Lipinski definition) is 1. The largest absolute Gasteiger partial charge is 0.496 e. The molecule has 38 heavy (non-hydrogen) atoms. The molecule has 5 rings (SSSR count). The second-order valence-corrected chi connectivity index (χ2v) is 9.01. The molecule has 1 aliphatic carbocycles. The highest BCUT2D eigenvalue weighted by molar-refractivity contribution is 6.02. The molecule has 10 nitrogen and oxygen atoms in total. The smallest absolute Gasteiger partial charge is 0.387 e. The van der Waals surface area contributed by atoms with Crippen molar-refractivity contribution in [3.63, 3.8) is 0 Å². The number of ketones is 1. The van der Waals surface area contributed by atoms with Gasteiger partial charge in [-0.1, -0.05) is 0 Å². The number of nitrogens with zero attached hydrogens (tertiary/aromatic N) is 4. The monoisotopic (exact) mass is 526 g/mol. The number of carboxylic acid groups (broad SMARTS) is 1. The number of carbonyl (C=O) groups excluding carboxylic acids is 1. The number of ether oxygens (including phenoxy) is 3. The lowest BCUT2D eigenvalue weighted by molar-refractivity contribution is -0.139. The number of aryl methyl sites for hydroxylation is 1. The molecule has 0 aliphatic heterocycles. The zero-order chi connectivity index (χ0) is 27.0. The normalized spacial score (nSPS) is 13.2. The van der Waals surface area contributed by atoms with Crippen LogP contribution >= 0.6 is 0 Å². The minimum absolute atomic E-state index is 0.0263. The highest BCUT2D eigenvalue weighted by atomic mass is 19.3. The van der Waals surface area contributed by atoms with Crippen LogP contribution in [0.3, 0.4) is 0 Å². The van der Waals surface area contributed by atoms with E-state index in [9.17, 15) is 18.4 Å². The van der Waals surface area contributed by atoms with Crippen LogP contribution in [0.25, 0.3) is 28.0 Å². The fraction of sp³-hybridized carbons (Fsp3) is 0.308. The third-order valence-corrected chi connectivity index (χ3v) is 6.23. The predicted octanol–water partition coefficient (Wildman–Crippen LogP) is 4.46. The maximum atomic E-state index is 13.3. The van der Waals surface area contributed by atoms with E-state index in [1.165, 1.54) is 19.4 Å². The fourth-order valence-electron chi connectivity index (χ4n) is 4.31. The molecular formula is C26H24F2N4O6. The topological polar surface area (TPSA) is 117 Å². The second-order valence-electron chi connectivity index (χ2n) is 9.01. The molecule has 0 saturated heterocycles. The van der Waals surface area contributed by atoms with E-state index in [0.717, 1.165) is 12.8 Å². The first-order valence-corrected chi connectivity index (χ1v) is 11.8. The van der Waals surface area contributed by atoms with Crippen LogP contribution in [0, 0.1) is 5.92 Å². The average Bonchev–Trinajstić information content (AvgIpc) is 3.41. The van der Waals surface area contributed by atoms with Gasteiger partial charge in [0.2, 0.25) is 0 Å². The highest BCUT2D eigenvalue weighted by Gasteiger charge is 2.30. The molecule has 1 aromatic carbocycles. The first kappa shape index (κ1) is 25.2. The number of methoxy groups -OCH3 is 1. The van der Waals surface area contributed by atoms with Gasteiger partial charge in [0.05, 0.1) is 31.4 Å². The molecule has 0 atom stereocenters. The first-order chi connectivity index (χ1) is 18.2. The van der Waals surface area contributed by atoms with Crippen LogP contribution < -0.4 is 14.2 Å². The van der Waals surface area contributed by atoms with E-state index >= 15 is 0 Å². The van der Waals surface area contributed by atoms with E-state index < -0.39 is 19.2 Å². The van der Waals surface area contributed by atoms with Crippen LogP contribution in [0.5, 0.6) is 17.2 Å². The number of Topliss-reactive ketones (excluding diaryl/α,β-unsaturated/α-hetero) is 1. The SMILES string of the molecule is COc1cc(-c2cnc3cc(-c4cnn(C)c4)c(OCC(=O)O)cn23)cc(OC(F)F)c1C(=O)CC1CC1. The Kier molecular flexibility index (Phi) is 6.70. The summed E-state index contributed by atoms with van der Waals surface area (Å²) in [5.41, 5.74) is 2.56. The number of carboxylic acids is 1. The van der Waals surface area contributed by atoms with E-state index in [1.807, 2.05) is 0 Å². The molecule has 1 aliphatic rings. The molecule has 0 radical (unpaired) electrons. The zero-order valence-electron chi connectivity index (χ0n) is 20.6. The Morgan fingerprint density at radius 1 is 1.11 bits per heavy atom. The maximum Gasteiger partial charge on any atom is 0.387 e. The Morgan fingerprint density at radius 2 is 1.87 bits per heavy atom. The minimum atomic E-state index is -3.15. The molecule has 0 unspecified atom stereocenters. The van der Waals surface area contributed by atoms with E-state index in [2.05, 4.69) is 10.1 Å². The van der Waals surface area contributed by atoms with Gasteiger partial charge < -0.3 is 19.3 Å². The highest BCUT2D eigenvalue weighted by Crippen LogP contribution is 2.41. The van der Waals surface area contributed by atoms with Crippen molar-refractivity contribution in [1.29, 1.82) is 0 Å². The standard InChI is InChI=1S/C26H24F2N4O6/c1-31-11-16(9-30-31)17-8-23-29-10-18(32(23)12-22(17)37-13-24(34)35)15-6-20(36-2)25(19(33)5-14-3-4-14)21(7-15)38-26(27)28/h6-12,14,26H,3-5,13H2,1-2H3,(H,34,35). The summed E-state index contributed by atoms with van der Waals surface area (Å²) < 4.78 is 45.7. The predicted molar refractivity (Wildman–Crippen MR) is 131 cm³/mol. The minimum Gasteiger partial charge on any atom is -0.496 e. The molecular weight excluding hydrogens is 502 g/mol. The van der Waals surface area contributed by atoms with Crippen LogP contribution in [0.1, 0.15) is 29.6 Å². The van der Waals surface area contributed by atoms with Crippen LogP contribution in [-0.2, 0) is 11.8 Å². The lowest BCUT2D eigenvalue weighted by atomic mass is 10.00. The number of imidazole rings is 1.